The molecule has 0 aromatic heterocycles. The molecule has 8 heteroatoms. The van der Waals surface area contributed by atoms with Gasteiger partial charge in [-0.3, -0.25) is 5.32 Å². The summed E-state index contributed by atoms with van der Waals surface area (Å²) in [5.74, 6) is -1.03. The number of halogens is 2. The lowest BCUT2D eigenvalue weighted by molar-refractivity contribution is 0.114. The summed E-state index contributed by atoms with van der Waals surface area (Å²) in [7, 11) is 0.911. The van der Waals surface area contributed by atoms with Crippen LogP contribution in [0.15, 0.2) is 23.1 Å². The Morgan fingerprint density at radius 1 is 1.35 bits per heavy atom. The zero-order valence-corrected chi connectivity index (χ0v) is 12.0. The highest BCUT2D eigenvalue weighted by atomic mass is 35.7. The van der Waals surface area contributed by atoms with Crippen molar-refractivity contribution in [3.05, 3.63) is 24.0 Å². The van der Waals surface area contributed by atoms with Gasteiger partial charge in [0.2, 0.25) is 0 Å². The van der Waals surface area contributed by atoms with Crippen LogP contribution >= 0.6 is 10.7 Å². The summed E-state index contributed by atoms with van der Waals surface area (Å²) in [5.41, 5.74) is 0.106. The molecule has 1 aromatic rings. The Hall–Kier alpha value is -1.34. The maximum absolute atomic E-state index is 13.5. The summed E-state index contributed by atoms with van der Waals surface area (Å²) in [6.07, 6.45) is 2.90. The molecule has 0 saturated heterocycles. The van der Waals surface area contributed by atoms with Crippen molar-refractivity contribution in [3.8, 4) is 0 Å². The lowest BCUT2D eigenvalue weighted by Gasteiger charge is -2.12. The third kappa shape index (κ3) is 3.83. The smallest absolute Gasteiger partial charge is 0.411 e. The van der Waals surface area contributed by atoms with Crippen LogP contribution in [0.5, 0.6) is 0 Å². The van der Waals surface area contributed by atoms with E-state index in [0.717, 1.165) is 37.8 Å². The first kappa shape index (κ1) is 15.1. The maximum Gasteiger partial charge on any atom is 0.411 e. The predicted octanol–water partition coefficient (Wildman–Crippen LogP) is 3.24. The Balaban J connectivity index is 2.03. The minimum atomic E-state index is -4.14. The van der Waals surface area contributed by atoms with Crippen molar-refractivity contribution in [1.82, 2.24) is 0 Å². The highest BCUT2D eigenvalue weighted by Crippen LogP contribution is 2.24. The fourth-order valence-electron chi connectivity index (χ4n) is 2.08. The van der Waals surface area contributed by atoms with Crippen molar-refractivity contribution in [3.63, 3.8) is 0 Å². The van der Waals surface area contributed by atoms with Gasteiger partial charge in [0, 0.05) is 16.4 Å². The second kappa shape index (κ2) is 5.97. The first-order valence-corrected chi connectivity index (χ1v) is 8.39. The normalized spacial score (nSPS) is 16.1. The van der Waals surface area contributed by atoms with E-state index < -0.39 is 25.9 Å². The van der Waals surface area contributed by atoms with E-state index in [1.165, 1.54) is 6.07 Å². The molecular weight excluding hydrogens is 309 g/mol. The van der Waals surface area contributed by atoms with Crippen LogP contribution in [0, 0.1) is 5.82 Å². The second-order valence-corrected chi connectivity index (χ2v) is 7.05. The molecule has 0 atom stereocenters. The van der Waals surface area contributed by atoms with E-state index in [1.54, 1.807) is 0 Å². The van der Waals surface area contributed by atoms with Gasteiger partial charge in [0.25, 0.3) is 9.05 Å². The Kier molecular flexibility index (Phi) is 4.49. The number of hydrogen-bond acceptors (Lipinski definition) is 4. The van der Waals surface area contributed by atoms with Gasteiger partial charge in [-0.25, -0.2) is 17.6 Å². The van der Waals surface area contributed by atoms with E-state index in [4.69, 9.17) is 15.4 Å². The van der Waals surface area contributed by atoms with E-state index >= 15 is 0 Å². The first-order chi connectivity index (χ1) is 9.36. The zero-order valence-electron chi connectivity index (χ0n) is 10.4. The molecule has 2 rings (SSSR count). The molecule has 1 aliphatic rings. The topological polar surface area (TPSA) is 72.5 Å². The van der Waals surface area contributed by atoms with E-state index in [2.05, 4.69) is 5.32 Å². The summed E-state index contributed by atoms with van der Waals surface area (Å²) < 4.78 is 40.7. The Morgan fingerprint density at radius 2 is 2.00 bits per heavy atom. The van der Waals surface area contributed by atoms with E-state index in [1.807, 2.05) is 0 Å². The monoisotopic (exact) mass is 321 g/mol. The average Bonchev–Trinajstić information content (AvgIpc) is 2.79. The van der Waals surface area contributed by atoms with E-state index in [-0.39, 0.29) is 11.8 Å². The van der Waals surface area contributed by atoms with Crippen LogP contribution in [0.2, 0.25) is 0 Å². The summed E-state index contributed by atoms with van der Waals surface area (Å²) in [6, 6.07) is 3.11. The number of amides is 1. The third-order valence-electron chi connectivity index (χ3n) is 3.02. The number of rotatable bonds is 3. The first-order valence-electron chi connectivity index (χ1n) is 6.08. The Morgan fingerprint density at radius 3 is 2.55 bits per heavy atom. The van der Waals surface area contributed by atoms with Crippen LogP contribution in [0.25, 0.3) is 0 Å². The molecule has 0 bridgehead atoms. The molecule has 1 N–H and O–H groups in total. The van der Waals surface area contributed by atoms with Crippen molar-refractivity contribution in [1.29, 1.82) is 0 Å². The maximum atomic E-state index is 13.5. The van der Waals surface area contributed by atoms with Gasteiger partial charge >= 0.3 is 6.09 Å². The fraction of sp³-hybridized carbons (Fsp3) is 0.417. The number of hydrogen-bond donors (Lipinski definition) is 1. The number of benzene rings is 1. The predicted molar refractivity (Wildman–Crippen MR) is 71.8 cm³/mol. The van der Waals surface area contributed by atoms with Crippen molar-refractivity contribution < 1.29 is 22.3 Å². The molecule has 1 amide bonds. The molecule has 110 valence electrons. The number of anilines is 1. The van der Waals surface area contributed by atoms with Crippen LogP contribution in [0.1, 0.15) is 25.7 Å². The van der Waals surface area contributed by atoms with Gasteiger partial charge in [-0.1, -0.05) is 0 Å². The second-order valence-electron chi connectivity index (χ2n) is 4.52. The van der Waals surface area contributed by atoms with Gasteiger partial charge in [0.05, 0.1) is 0 Å². The zero-order chi connectivity index (χ0) is 14.8. The number of carbonyl (C=O) groups excluding carboxylic acids is 1. The summed E-state index contributed by atoms with van der Waals surface area (Å²) >= 11 is 0. The average molecular weight is 322 g/mol. The lowest BCUT2D eigenvalue weighted by Crippen LogP contribution is -2.20. The molecule has 0 aliphatic heterocycles. The molecule has 0 spiro atoms. The highest BCUT2D eigenvalue weighted by Gasteiger charge is 2.20. The molecule has 1 aliphatic carbocycles. The Bertz CT molecular complexity index is 614. The summed E-state index contributed by atoms with van der Waals surface area (Å²) in [5, 5.41) is 2.35. The molecule has 1 aromatic carbocycles. The number of nitrogens with one attached hydrogen (secondary N) is 1. The van der Waals surface area contributed by atoms with Gasteiger partial charge in [-0.05, 0) is 43.9 Å². The SMILES string of the molecule is O=C(Nc1ccc(S(=O)(=O)Cl)c(F)c1)OC1CCCC1. The molecule has 1 fully saturated rings. The van der Waals surface area contributed by atoms with Crippen LogP contribution in [0.3, 0.4) is 0 Å². The van der Waals surface area contributed by atoms with Gasteiger partial charge in [-0.2, -0.15) is 0 Å². The van der Waals surface area contributed by atoms with Crippen molar-refractivity contribution in [2.45, 2.75) is 36.7 Å². The summed E-state index contributed by atoms with van der Waals surface area (Å²) in [4.78, 5) is 10.9. The Labute approximate surface area is 120 Å². The summed E-state index contributed by atoms with van der Waals surface area (Å²) in [6.45, 7) is 0. The molecule has 0 heterocycles. The standard InChI is InChI=1S/C12H13ClFNO4S/c13-20(17,18)11-6-5-8(7-10(11)14)15-12(16)19-9-3-1-2-4-9/h5-7,9H,1-4H2,(H,15,16). The molecule has 1 saturated carbocycles. The van der Waals surface area contributed by atoms with Crippen molar-refractivity contribution in [2.75, 3.05) is 5.32 Å². The van der Waals surface area contributed by atoms with Crippen molar-refractivity contribution in [2.24, 2.45) is 0 Å². The van der Waals surface area contributed by atoms with E-state index in [9.17, 15) is 17.6 Å². The quantitative estimate of drug-likeness (QED) is 0.867. The van der Waals surface area contributed by atoms with E-state index in [0.29, 0.717) is 0 Å². The number of carbonyl (C=O) groups is 1. The van der Waals surface area contributed by atoms with Crippen LogP contribution in [-0.4, -0.2) is 20.6 Å². The fourth-order valence-corrected chi connectivity index (χ4v) is 2.98. The molecule has 5 nitrogen and oxygen atoms in total. The molecule has 0 radical (unpaired) electrons. The van der Waals surface area contributed by atoms with Crippen molar-refractivity contribution >= 4 is 31.5 Å². The molecule has 0 unspecified atom stereocenters. The van der Waals surface area contributed by atoms with Gasteiger partial charge < -0.3 is 4.74 Å². The minimum absolute atomic E-state index is 0.106. The largest absolute Gasteiger partial charge is 0.446 e. The molecule has 20 heavy (non-hydrogen) atoms. The minimum Gasteiger partial charge on any atom is -0.446 e. The molecular formula is C12H13ClFNO4S. The lowest BCUT2D eigenvalue weighted by atomic mass is 10.3. The van der Waals surface area contributed by atoms with Gasteiger partial charge in [-0.15, -0.1) is 0 Å². The van der Waals surface area contributed by atoms with Crippen LogP contribution < -0.4 is 5.32 Å². The van der Waals surface area contributed by atoms with Gasteiger partial charge in [0.15, 0.2) is 0 Å². The van der Waals surface area contributed by atoms with Crippen LogP contribution in [-0.2, 0) is 13.8 Å². The third-order valence-corrected chi connectivity index (χ3v) is 4.37. The van der Waals surface area contributed by atoms with Gasteiger partial charge in [0.1, 0.15) is 16.8 Å². The highest BCUT2D eigenvalue weighted by molar-refractivity contribution is 8.13. The van der Waals surface area contributed by atoms with Crippen LogP contribution in [0.4, 0.5) is 14.9 Å². The number of ether oxygens (including phenoxy) is 1.